The predicted octanol–water partition coefficient (Wildman–Crippen LogP) is 2.99. The van der Waals surface area contributed by atoms with E-state index in [4.69, 9.17) is 9.47 Å². The molecule has 0 bridgehead atoms. The minimum Gasteiger partial charge on any atom is -0.497 e. The topological polar surface area (TPSA) is 51.7 Å². The SMILES string of the molecule is COc1ccc(CN2C(=O)c3ccc(OC)nc3C2(C)C)cc1. The number of fused-ring (bicyclic) bond motifs is 1. The van der Waals surface area contributed by atoms with Crippen molar-refractivity contribution in [3.8, 4) is 11.6 Å². The number of benzene rings is 1. The summed E-state index contributed by atoms with van der Waals surface area (Å²) < 4.78 is 10.4. The molecule has 0 N–H and O–H groups in total. The summed E-state index contributed by atoms with van der Waals surface area (Å²) in [5, 5.41) is 0. The van der Waals surface area contributed by atoms with Crippen LogP contribution in [0.25, 0.3) is 0 Å². The molecule has 23 heavy (non-hydrogen) atoms. The number of pyridine rings is 1. The average molecular weight is 312 g/mol. The molecule has 5 nitrogen and oxygen atoms in total. The molecule has 0 radical (unpaired) electrons. The van der Waals surface area contributed by atoms with Crippen LogP contribution in [0.3, 0.4) is 0 Å². The Balaban J connectivity index is 1.92. The Morgan fingerprint density at radius 2 is 1.74 bits per heavy atom. The van der Waals surface area contributed by atoms with Crippen LogP contribution in [0.4, 0.5) is 0 Å². The van der Waals surface area contributed by atoms with Crippen molar-refractivity contribution in [2.24, 2.45) is 0 Å². The van der Waals surface area contributed by atoms with E-state index in [0.717, 1.165) is 17.0 Å². The normalized spacial score (nSPS) is 15.5. The van der Waals surface area contributed by atoms with Gasteiger partial charge in [0.1, 0.15) is 5.75 Å². The summed E-state index contributed by atoms with van der Waals surface area (Å²) in [6.45, 7) is 4.54. The standard InChI is InChI=1S/C18H20N2O3/c1-18(2)16-14(9-10-15(19-16)23-4)17(21)20(18)11-12-5-7-13(22-3)8-6-12/h5-10H,11H2,1-4H3. The summed E-state index contributed by atoms with van der Waals surface area (Å²) in [4.78, 5) is 19.1. The minimum absolute atomic E-state index is 0.00373. The first kappa shape index (κ1) is 15.3. The van der Waals surface area contributed by atoms with Gasteiger partial charge in [0.25, 0.3) is 5.91 Å². The fourth-order valence-corrected chi connectivity index (χ4v) is 2.90. The first-order valence-electron chi connectivity index (χ1n) is 7.48. The lowest BCUT2D eigenvalue weighted by Crippen LogP contribution is -2.38. The van der Waals surface area contributed by atoms with E-state index in [9.17, 15) is 4.79 Å². The zero-order chi connectivity index (χ0) is 16.6. The maximum Gasteiger partial charge on any atom is 0.256 e. The van der Waals surface area contributed by atoms with Crippen molar-refractivity contribution in [2.75, 3.05) is 14.2 Å². The van der Waals surface area contributed by atoms with Gasteiger partial charge in [0.2, 0.25) is 5.88 Å². The number of hydrogen-bond donors (Lipinski definition) is 0. The van der Waals surface area contributed by atoms with Crippen LogP contribution in [0.1, 0.15) is 35.5 Å². The lowest BCUT2D eigenvalue weighted by atomic mass is 9.99. The fourth-order valence-electron chi connectivity index (χ4n) is 2.90. The number of ether oxygens (including phenoxy) is 2. The van der Waals surface area contributed by atoms with Crippen LogP contribution in [0, 0.1) is 0 Å². The largest absolute Gasteiger partial charge is 0.497 e. The maximum atomic E-state index is 12.8. The van der Waals surface area contributed by atoms with Gasteiger partial charge in [0.05, 0.1) is 31.0 Å². The maximum absolute atomic E-state index is 12.8. The van der Waals surface area contributed by atoms with E-state index >= 15 is 0 Å². The number of carbonyl (C=O) groups is 1. The van der Waals surface area contributed by atoms with Crippen LogP contribution < -0.4 is 9.47 Å². The Morgan fingerprint density at radius 3 is 2.35 bits per heavy atom. The quantitative estimate of drug-likeness (QED) is 0.871. The van der Waals surface area contributed by atoms with Gasteiger partial charge in [-0.25, -0.2) is 4.98 Å². The summed E-state index contributed by atoms with van der Waals surface area (Å²) in [5.74, 6) is 1.32. The lowest BCUT2D eigenvalue weighted by Gasteiger charge is -2.31. The summed E-state index contributed by atoms with van der Waals surface area (Å²) >= 11 is 0. The van der Waals surface area contributed by atoms with Crippen molar-refractivity contribution in [3.63, 3.8) is 0 Å². The lowest BCUT2D eigenvalue weighted by molar-refractivity contribution is 0.0590. The summed E-state index contributed by atoms with van der Waals surface area (Å²) in [5.41, 5.74) is 1.97. The number of carbonyl (C=O) groups excluding carboxylic acids is 1. The van der Waals surface area contributed by atoms with Gasteiger partial charge in [-0.1, -0.05) is 12.1 Å². The van der Waals surface area contributed by atoms with Crippen LogP contribution in [0.15, 0.2) is 36.4 Å². The molecule has 0 unspecified atom stereocenters. The molecule has 0 saturated carbocycles. The molecule has 120 valence electrons. The average Bonchev–Trinajstić information content (AvgIpc) is 2.76. The Labute approximate surface area is 135 Å². The summed E-state index contributed by atoms with van der Waals surface area (Å²) in [6.07, 6.45) is 0. The molecular weight excluding hydrogens is 292 g/mol. The smallest absolute Gasteiger partial charge is 0.256 e. The molecule has 2 aromatic rings. The molecule has 1 amide bonds. The van der Waals surface area contributed by atoms with Crippen molar-refractivity contribution in [1.29, 1.82) is 0 Å². The first-order valence-corrected chi connectivity index (χ1v) is 7.48. The zero-order valence-electron chi connectivity index (χ0n) is 13.8. The van der Waals surface area contributed by atoms with Gasteiger partial charge < -0.3 is 14.4 Å². The number of nitrogens with zero attached hydrogens (tertiary/aromatic N) is 2. The van der Waals surface area contributed by atoms with Crippen molar-refractivity contribution < 1.29 is 14.3 Å². The van der Waals surface area contributed by atoms with Crippen LogP contribution in [-0.4, -0.2) is 30.0 Å². The molecule has 0 atom stereocenters. The fraction of sp³-hybridized carbons (Fsp3) is 0.333. The van der Waals surface area contributed by atoms with Crippen LogP contribution in [0.5, 0.6) is 11.6 Å². The molecule has 2 heterocycles. The Bertz CT molecular complexity index is 738. The number of methoxy groups -OCH3 is 2. The van der Waals surface area contributed by atoms with Crippen molar-refractivity contribution in [3.05, 3.63) is 53.2 Å². The third-order valence-electron chi connectivity index (χ3n) is 4.31. The second kappa shape index (κ2) is 5.57. The number of hydrogen-bond acceptors (Lipinski definition) is 4. The molecule has 1 aliphatic heterocycles. The predicted molar refractivity (Wildman–Crippen MR) is 86.7 cm³/mol. The molecule has 0 spiro atoms. The highest BCUT2D eigenvalue weighted by Crippen LogP contribution is 2.39. The highest BCUT2D eigenvalue weighted by atomic mass is 16.5. The molecule has 3 rings (SSSR count). The molecule has 1 aromatic carbocycles. The molecule has 0 saturated heterocycles. The number of aromatic nitrogens is 1. The minimum atomic E-state index is -0.485. The first-order chi connectivity index (χ1) is 11.0. The van der Waals surface area contributed by atoms with Crippen molar-refractivity contribution in [1.82, 2.24) is 9.88 Å². The molecule has 5 heteroatoms. The molecule has 1 aromatic heterocycles. The van der Waals surface area contributed by atoms with E-state index in [2.05, 4.69) is 4.98 Å². The molecular formula is C18H20N2O3. The number of amides is 1. The second-order valence-electron chi connectivity index (χ2n) is 6.05. The third kappa shape index (κ3) is 2.52. The van der Waals surface area contributed by atoms with Crippen LogP contribution in [0.2, 0.25) is 0 Å². The molecule has 0 aliphatic carbocycles. The monoisotopic (exact) mass is 312 g/mol. The highest BCUT2D eigenvalue weighted by Gasteiger charge is 2.44. The van der Waals surface area contributed by atoms with Gasteiger partial charge in [0.15, 0.2) is 0 Å². The Kier molecular flexibility index (Phi) is 3.72. The highest BCUT2D eigenvalue weighted by molar-refractivity contribution is 5.99. The van der Waals surface area contributed by atoms with Gasteiger partial charge in [-0.15, -0.1) is 0 Å². The van der Waals surface area contributed by atoms with E-state index in [1.165, 1.54) is 0 Å². The zero-order valence-corrected chi connectivity index (χ0v) is 13.8. The number of rotatable bonds is 4. The van der Waals surface area contributed by atoms with Gasteiger partial charge in [0, 0.05) is 12.6 Å². The summed E-state index contributed by atoms with van der Waals surface area (Å²) in [6, 6.07) is 11.3. The Morgan fingerprint density at radius 1 is 1.04 bits per heavy atom. The molecule has 1 aliphatic rings. The van der Waals surface area contributed by atoms with Crippen LogP contribution in [-0.2, 0) is 12.1 Å². The Hall–Kier alpha value is -2.56. The second-order valence-corrected chi connectivity index (χ2v) is 6.05. The van der Waals surface area contributed by atoms with Gasteiger partial charge in [-0.05, 0) is 37.6 Å². The molecule has 0 fully saturated rings. The van der Waals surface area contributed by atoms with E-state index < -0.39 is 5.54 Å². The van der Waals surface area contributed by atoms with E-state index in [1.807, 2.05) is 43.0 Å². The van der Waals surface area contributed by atoms with Crippen molar-refractivity contribution in [2.45, 2.75) is 25.9 Å². The van der Waals surface area contributed by atoms with E-state index in [-0.39, 0.29) is 5.91 Å². The van der Waals surface area contributed by atoms with E-state index in [0.29, 0.717) is 18.0 Å². The summed E-state index contributed by atoms with van der Waals surface area (Å²) in [7, 11) is 3.21. The third-order valence-corrected chi connectivity index (χ3v) is 4.31. The van der Waals surface area contributed by atoms with Crippen LogP contribution >= 0.6 is 0 Å². The van der Waals surface area contributed by atoms with Gasteiger partial charge in [-0.3, -0.25) is 4.79 Å². The van der Waals surface area contributed by atoms with Gasteiger partial charge >= 0.3 is 0 Å². The van der Waals surface area contributed by atoms with E-state index in [1.54, 1.807) is 26.4 Å². The van der Waals surface area contributed by atoms with Crippen molar-refractivity contribution >= 4 is 5.91 Å². The van der Waals surface area contributed by atoms with Gasteiger partial charge in [-0.2, -0.15) is 0 Å².